The molecule has 2 N–H and O–H groups in total. The van der Waals surface area contributed by atoms with Gasteiger partial charge in [-0.25, -0.2) is 4.79 Å². The van der Waals surface area contributed by atoms with E-state index in [0.29, 0.717) is 29.4 Å². The molecule has 2 atom stereocenters. The number of aliphatic hydroxyl groups is 1. The Bertz CT molecular complexity index is 937. The van der Waals surface area contributed by atoms with Gasteiger partial charge in [-0.3, -0.25) is 10.1 Å². The van der Waals surface area contributed by atoms with Crippen LogP contribution in [0.15, 0.2) is 42.5 Å². The highest BCUT2D eigenvalue weighted by Gasteiger charge is 2.25. The first kappa shape index (κ1) is 24.5. The second kappa shape index (κ2) is 12.2. The lowest BCUT2D eigenvalue weighted by Crippen LogP contribution is -2.23. The smallest absolute Gasteiger partial charge is 0.412 e. The molecule has 0 aliphatic carbocycles. The first-order valence-electron chi connectivity index (χ1n) is 10.5. The van der Waals surface area contributed by atoms with Crippen LogP contribution in [0.5, 0.6) is 17.2 Å². The molecule has 0 unspecified atom stereocenters. The number of nitrogens with one attached hydrogen (secondary N) is 1. The van der Waals surface area contributed by atoms with Crippen molar-refractivity contribution in [3.63, 3.8) is 0 Å². The van der Waals surface area contributed by atoms with Crippen molar-refractivity contribution in [2.24, 2.45) is 5.92 Å². The first-order valence-corrected chi connectivity index (χ1v) is 11.1. The Morgan fingerprint density at radius 1 is 1.12 bits per heavy atom. The molecule has 2 aromatic rings. The number of rotatable bonds is 11. The fourth-order valence-electron chi connectivity index (χ4n) is 3.22. The van der Waals surface area contributed by atoms with Gasteiger partial charge in [0.25, 0.3) is 0 Å². The Kier molecular flexibility index (Phi) is 9.08. The fourth-order valence-corrected chi connectivity index (χ4v) is 3.31. The van der Waals surface area contributed by atoms with Gasteiger partial charge < -0.3 is 28.8 Å². The molecule has 1 heterocycles. The molecule has 1 aliphatic rings. The Morgan fingerprint density at radius 2 is 1.88 bits per heavy atom. The van der Waals surface area contributed by atoms with Gasteiger partial charge in [0.15, 0.2) is 11.5 Å². The van der Waals surface area contributed by atoms with Crippen LogP contribution in [0.4, 0.5) is 10.5 Å². The average Bonchev–Trinajstić information content (AvgIpc) is 3.29. The molecular weight excluding hydrogens is 450 g/mol. The predicted octanol–water partition coefficient (Wildman–Crippen LogP) is 3.58. The molecule has 178 valence electrons. The number of thiol groups is 1. The zero-order chi connectivity index (χ0) is 23.6. The standard InChI is InChI=1S/C23H27NO8S/c1-15(8-10-29-21(26)13-33)22(16-2-5-18(6-3-16)28-11-9-25)32-23(27)24-17-4-7-19-20(12-17)31-14-30-19/h2-7,12,15,22,25,33H,8-11,13-14H2,1H3,(H,24,27)/t15-,22-/m1/s1. The summed E-state index contributed by atoms with van der Waals surface area (Å²) in [6.07, 6.45) is -0.774. The van der Waals surface area contributed by atoms with Gasteiger partial charge in [0.05, 0.1) is 19.0 Å². The third-order valence-electron chi connectivity index (χ3n) is 4.90. The summed E-state index contributed by atoms with van der Waals surface area (Å²) in [5.74, 6) is 1.17. The van der Waals surface area contributed by atoms with Crippen molar-refractivity contribution in [1.29, 1.82) is 0 Å². The highest BCUT2D eigenvalue weighted by Crippen LogP contribution is 2.35. The molecule has 2 aromatic carbocycles. The van der Waals surface area contributed by atoms with Crippen molar-refractivity contribution in [3.8, 4) is 17.2 Å². The zero-order valence-corrected chi connectivity index (χ0v) is 19.1. The Balaban J connectivity index is 1.68. The maximum absolute atomic E-state index is 12.7. The van der Waals surface area contributed by atoms with E-state index in [1.165, 1.54) is 0 Å². The minimum absolute atomic E-state index is 0.00154. The van der Waals surface area contributed by atoms with Gasteiger partial charge in [-0.05, 0) is 36.2 Å². The second-order valence-electron chi connectivity index (χ2n) is 7.30. The molecule has 0 radical (unpaired) electrons. The zero-order valence-electron chi connectivity index (χ0n) is 18.2. The number of carbonyl (C=O) groups excluding carboxylic acids is 2. The maximum Gasteiger partial charge on any atom is 0.412 e. The molecule has 10 heteroatoms. The molecule has 0 saturated heterocycles. The number of fused-ring (bicyclic) bond motifs is 1. The number of aliphatic hydroxyl groups excluding tert-OH is 1. The van der Waals surface area contributed by atoms with Crippen molar-refractivity contribution < 1.29 is 38.4 Å². The van der Waals surface area contributed by atoms with Crippen LogP contribution in [0.1, 0.15) is 25.0 Å². The minimum Gasteiger partial charge on any atom is -0.491 e. The molecule has 0 saturated carbocycles. The van der Waals surface area contributed by atoms with Gasteiger partial charge >= 0.3 is 12.1 Å². The number of amides is 1. The van der Waals surface area contributed by atoms with Gasteiger partial charge in [0.2, 0.25) is 6.79 Å². The summed E-state index contributed by atoms with van der Waals surface area (Å²) in [5, 5.41) is 11.6. The first-order chi connectivity index (χ1) is 16.0. The van der Waals surface area contributed by atoms with E-state index in [2.05, 4.69) is 17.9 Å². The summed E-state index contributed by atoms with van der Waals surface area (Å²) in [7, 11) is 0. The number of hydrogen-bond acceptors (Lipinski definition) is 9. The summed E-state index contributed by atoms with van der Waals surface area (Å²) in [6, 6.07) is 12.1. The van der Waals surface area contributed by atoms with E-state index < -0.39 is 18.2 Å². The summed E-state index contributed by atoms with van der Waals surface area (Å²) in [5.41, 5.74) is 1.26. The topological polar surface area (TPSA) is 113 Å². The van der Waals surface area contributed by atoms with Crippen molar-refractivity contribution in [2.75, 3.05) is 37.7 Å². The predicted molar refractivity (Wildman–Crippen MR) is 123 cm³/mol. The summed E-state index contributed by atoms with van der Waals surface area (Å²) in [6.45, 7) is 2.32. The normalized spacial score (nSPS) is 13.7. The van der Waals surface area contributed by atoms with Crippen molar-refractivity contribution in [1.82, 2.24) is 0 Å². The molecule has 33 heavy (non-hydrogen) atoms. The molecule has 3 rings (SSSR count). The Hall–Kier alpha value is -3.11. The molecule has 0 aromatic heterocycles. The molecule has 0 fully saturated rings. The van der Waals surface area contributed by atoms with Crippen LogP contribution in [-0.4, -0.2) is 49.5 Å². The molecule has 9 nitrogen and oxygen atoms in total. The highest BCUT2D eigenvalue weighted by atomic mass is 32.1. The van der Waals surface area contributed by atoms with Crippen molar-refractivity contribution in [3.05, 3.63) is 48.0 Å². The third kappa shape index (κ3) is 7.19. The second-order valence-corrected chi connectivity index (χ2v) is 7.62. The molecular formula is C23H27NO8S. The van der Waals surface area contributed by atoms with Crippen LogP contribution in [0.3, 0.4) is 0 Å². The quantitative estimate of drug-likeness (QED) is 0.333. The molecule has 0 spiro atoms. The van der Waals surface area contributed by atoms with Crippen LogP contribution >= 0.6 is 12.6 Å². The van der Waals surface area contributed by atoms with E-state index in [1.54, 1.807) is 42.5 Å². The molecule has 0 bridgehead atoms. The van der Waals surface area contributed by atoms with Gasteiger partial charge in [0, 0.05) is 17.7 Å². The van der Waals surface area contributed by atoms with Gasteiger partial charge in [-0.15, -0.1) is 0 Å². The van der Waals surface area contributed by atoms with Gasteiger partial charge in [-0.1, -0.05) is 19.1 Å². The lowest BCUT2D eigenvalue weighted by atomic mass is 9.94. The molecule has 1 amide bonds. The summed E-state index contributed by atoms with van der Waals surface area (Å²) in [4.78, 5) is 24.1. The van der Waals surface area contributed by atoms with Crippen molar-refractivity contribution >= 4 is 30.4 Å². The molecule has 1 aliphatic heterocycles. The van der Waals surface area contributed by atoms with Crippen LogP contribution in [-0.2, 0) is 14.3 Å². The Labute approximate surface area is 197 Å². The van der Waals surface area contributed by atoms with Gasteiger partial charge in [0.1, 0.15) is 18.5 Å². The van der Waals surface area contributed by atoms with Gasteiger partial charge in [-0.2, -0.15) is 12.6 Å². The third-order valence-corrected chi connectivity index (χ3v) is 5.16. The highest BCUT2D eigenvalue weighted by molar-refractivity contribution is 7.81. The number of hydrogen-bond donors (Lipinski definition) is 3. The van der Waals surface area contributed by atoms with E-state index in [0.717, 1.165) is 5.56 Å². The Morgan fingerprint density at radius 3 is 2.61 bits per heavy atom. The fraction of sp³-hybridized carbons (Fsp3) is 0.391. The summed E-state index contributed by atoms with van der Waals surface area (Å²) < 4.78 is 26.9. The monoisotopic (exact) mass is 477 g/mol. The van der Waals surface area contributed by atoms with E-state index in [4.69, 9.17) is 28.8 Å². The number of anilines is 1. The van der Waals surface area contributed by atoms with E-state index >= 15 is 0 Å². The minimum atomic E-state index is -0.640. The number of ether oxygens (including phenoxy) is 5. The largest absolute Gasteiger partial charge is 0.491 e. The van der Waals surface area contributed by atoms with Crippen LogP contribution < -0.4 is 19.5 Å². The maximum atomic E-state index is 12.7. The van der Waals surface area contributed by atoms with Crippen LogP contribution in [0, 0.1) is 5.92 Å². The van der Waals surface area contributed by atoms with Crippen LogP contribution in [0.25, 0.3) is 0 Å². The SMILES string of the molecule is C[C@H](CCOC(=O)CS)[C@@H](OC(=O)Nc1ccc2c(c1)OCO2)c1ccc(OCCO)cc1. The lowest BCUT2D eigenvalue weighted by Gasteiger charge is -2.25. The number of esters is 1. The van der Waals surface area contributed by atoms with E-state index in [1.807, 2.05) is 6.92 Å². The van der Waals surface area contributed by atoms with Crippen LogP contribution in [0.2, 0.25) is 0 Å². The van der Waals surface area contributed by atoms with Crippen molar-refractivity contribution in [2.45, 2.75) is 19.4 Å². The lowest BCUT2D eigenvalue weighted by molar-refractivity contribution is -0.141. The van der Waals surface area contributed by atoms with E-state index in [9.17, 15) is 9.59 Å². The number of carbonyl (C=O) groups is 2. The van der Waals surface area contributed by atoms with E-state index in [-0.39, 0.29) is 38.3 Å². The number of benzene rings is 2. The average molecular weight is 478 g/mol. The summed E-state index contributed by atoms with van der Waals surface area (Å²) >= 11 is 3.89.